The van der Waals surface area contributed by atoms with Gasteiger partial charge in [0.25, 0.3) is 5.91 Å². The standard InChI is InChI=1S/C29H33ClN2O3/c1-21(2)18-31-29(34)27(17-23-11-5-4-6-12-23)32(19-24-13-7-8-15-26(24)30)28(33)20-35-25-14-9-10-22(3)16-25/h4-16,21,27H,17-20H2,1-3H3,(H,31,34). The zero-order valence-corrected chi connectivity index (χ0v) is 21.3. The Balaban J connectivity index is 1.91. The second-order valence-corrected chi connectivity index (χ2v) is 9.47. The molecule has 1 N–H and O–H groups in total. The van der Waals surface area contributed by atoms with Crippen LogP contribution in [0.25, 0.3) is 0 Å². The van der Waals surface area contributed by atoms with E-state index >= 15 is 0 Å². The maximum atomic E-state index is 13.6. The second kappa shape index (κ2) is 13.0. The molecule has 0 aromatic heterocycles. The Labute approximate surface area is 213 Å². The van der Waals surface area contributed by atoms with E-state index in [0.717, 1.165) is 16.7 Å². The molecule has 0 heterocycles. The van der Waals surface area contributed by atoms with Gasteiger partial charge in [0.1, 0.15) is 11.8 Å². The van der Waals surface area contributed by atoms with E-state index in [1.165, 1.54) is 0 Å². The summed E-state index contributed by atoms with van der Waals surface area (Å²) in [6.45, 7) is 6.58. The third kappa shape index (κ3) is 8.15. The average Bonchev–Trinajstić information content (AvgIpc) is 2.85. The molecule has 0 aliphatic rings. The minimum atomic E-state index is -0.721. The fourth-order valence-electron chi connectivity index (χ4n) is 3.72. The van der Waals surface area contributed by atoms with Crippen molar-refractivity contribution in [2.75, 3.05) is 13.2 Å². The lowest BCUT2D eigenvalue weighted by molar-refractivity contribution is -0.142. The Morgan fingerprint density at radius 1 is 0.971 bits per heavy atom. The van der Waals surface area contributed by atoms with Crippen LogP contribution in [0.3, 0.4) is 0 Å². The fourth-order valence-corrected chi connectivity index (χ4v) is 3.92. The number of nitrogens with zero attached hydrogens (tertiary/aromatic N) is 1. The summed E-state index contributed by atoms with van der Waals surface area (Å²) in [6.07, 6.45) is 0.380. The molecular weight excluding hydrogens is 460 g/mol. The van der Waals surface area contributed by atoms with Gasteiger partial charge in [-0.15, -0.1) is 0 Å². The molecule has 1 unspecified atom stereocenters. The van der Waals surface area contributed by atoms with Gasteiger partial charge in [-0.1, -0.05) is 86.1 Å². The molecule has 0 radical (unpaired) electrons. The van der Waals surface area contributed by atoms with Gasteiger partial charge in [-0.3, -0.25) is 9.59 Å². The van der Waals surface area contributed by atoms with Crippen molar-refractivity contribution in [3.8, 4) is 5.75 Å². The summed E-state index contributed by atoms with van der Waals surface area (Å²) in [7, 11) is 0. The van der Waals surface area contributed by atoms with E-state index < -0.39 is 6.04 Å². The van der Waals surface area contributed by atoms with Gasteiger partial charge in [0.2, 0.25) is 5.91 Å². The molecule has 0 bridgehead atoms. The highest BCUT2D eigenvalue weighted by molar-refractivity contribution is 6.31. The summed E-state index contributed by atoms with van der Waals surface area (Å²) in [4.78, 5) is 28.6. The highest BCUT2D eigenvalue weighted by Crippen LogP contribution is 2.21. The number of hydrogen-bond donors (Lipinski definition) is 1. The monoisotopic (exact) mass is 492 g/mol. The van der Waals surface area contributed by atoms with E-state index in [-0.39, 0.29) is 30.9 Å². The van der Waals surface area contributed by atoms with Gasteiger partial charge < -0.3 is 15.0 Å². The van der Waals surface area contributed by atoms with Crippen LogP contribution in [0.2, 0.25) is 5.02 Å². The van der Waals surface area contributed by atoms with Crippen LogP contribution >= 0.6 is 11.6 Å². The molecule has 0 aliphatic heterocycles. The van der Waals surface area contributed by atoms with Crippen molar-refractivity contribution in [3.63, 3.8) is 0 Å². The van der Waals surface area contributed by atoms with Crippen molar-refractivity contribution >= 4 is 23.4 Å². The largest absolute Gasteiger partial charge is 0.484 e. The molecule has 5 nitrogen and oxygen atoms in total. The van der Waals surface area contributed by atoms with Crippen LogP contribution in [0, 0.1) is 12.8 Å². The quantitative estimate of drug-likeness (QED) is 0.387. The molecule has 0 saturated heterocycles. The minimum Gasteiger partial charge on any atom is -0.484 e. The maximum Gasteiger partial charge on any atom is 0.261 e. The van der Waals surface area contributed by atoms with Crippen LogP contribution in [0.4, 0.5) is 0 Å². The van der Waals surface area contributed by atoms with Crippen LogP contribution in [0.1, 0.15) is 30.5 Å². The third-order valence-electron chi connectivity index (χ3n) is 5.61. The maximum absolute atomic E-state index is 13.6. The minimum absolute atomic E-state index is 0.184. The molecule has 3 aromatic carbocycles. The Bertz CT molecular complexity index is 1120. The number of hydrogen-bond acceptors (Lipinski definition) is 3. The van der Waals surface area contributed by atoms with E-state index in [9.17, 15) is 9.59 Å². The average molecular weight is 493 g/mol. The van der Waals surface area contributed by atoms with Gasteiger partial charge in [-0.2, -0.15) is 0 Å². The predicted octanol–water partition coefficient (Wildman–Crippen LogP) is 5.44. The van der Waals surface area contributed by atoms with Crippen LogP contribution in [-0.2, 0) is 22.6 Å². The Kier molecular flexibility index (Phi) is 9.74. The number of carbonyl (C=O) groups is 2. The van der Waals surface area contributed by atoms with Crippen molar-refractivity contribution in [1.29, 1.82) is 0 Å². The molecule has 35 heavy (non-hydrogen) atoms. The van der Waals surface area contributed by atoms with E-state index in [4.69, 9.17) is 16.3 Å². The molecule has 6 heteroatoms. The molecule has 184 valence electrons. The van der Waals surface area contributed by atoms with E-state index in [1.807, 2.05) is 93.6 Å². The number of aryl methyl sites for hydroxylation is 1. The summed E-state index contributed by atoms with van der Waals surface area (Å²) in [5.74, 6) is 0.416. The number of amides is 2. The summed E-state index contributed by atoms with van der Waals surface area (Å²) in [6, 6.07) is 23.9. The number of ether oxygens (including phenoxy) is 1. The first-order valence-electron chi connectivity index (χ1n) is 11.9. The molecule has 1 atom stereocenters. The number of carbonyl (C=O) groups excluding carboxylic acids is 2. The number of halogens is 1. The Morgan fingerprint density at radius 2 is 1.69 bits per heavy atom. The molecule has 3 aromatic rings. The van der Waals surface area contributed by atoms with Crippen molar-refractivity contribution in [2.24, 2.45) is 5.92 Å². The summed E-state index contributed by atoms with van der Waals surface area (Å²) >= 11 is 6.44. The van der Waals surface area contributed by atoms with Crippen LogP contribution in [0.15, 0.2) is 78.9 Å². The SMILES string of the molecule is Cc1cccc(OCC(=O)N(Cc2ccccc2Cl)C(Cc2ccccc2)C(=O)NCC(C)C)c1. The van der Waals surface area contributed by atoms with Gasteiger partial charge in [-0.05, 0) is 47.7 Å². The van der Waals surface area contributed by atoms with Crippen molar-refractivity contribution < 1.29 is 14.3 Å². The van der Waals surface area contributed by atoms with Crippen LogP contribution in [0.5, 0.6) is 5.75 Å². The van der Waals surface area contributed by atoms with Crippen LogP contribution < -0.4 is 10.1 Å². The Hall–Kier alpha value is -3.31. The number of rotatable bonds is 11. The lowest BCUT2D eigenvalue weighted by atomic mass is 10.0. The lowest BCUT2D eigenvalue weighted by Crippen LogP contribution is -2.52. The molecular formula is C29H33ClN2O3. The van der Waals surface area contributed by atoms with Gasteiger partial charge in [0, 0.05) is 24.5 Å². The van der Waals surface area contributed by atoms with Crippen molar-refractivity contribution in [1.82, 2.24) is 10.2 Å². The number of nitrogens with one attached hydrogen (secondary N) is 1. The zero-order chi connectivity index (χ0) is 25.2. The highest BCUT2D eigenvalue weighted by Gasteiger charge is 2.31. The first-order chi connectivity index (χ1) is 16.8. The summed E-state index contributed by atoms with van der Waals surface area (Å²) in [5.41, 5.74) is 2.78. The van der Waals surface area contributed by atoms with E-state index in [1.54, 1.807) is 11.0 Å². The normalized spacial score (nSPS) is 11.7. The molecule has 0 fully saturated rings. The first-order valence-corrected chi connectivity index (χ1v) is 12.2. The van der Waals surface area contributed by atoms with Crippen molar-refractivity contribution in [2.45, 2.75) is 39.8 Å². The third-order valence-corrected chi connectivity index (χ3v) is 5.97. The zero-order valence-electron chi connectivity index (χ0n) is 20.5. The lowest BCUT2D eigenvalue weighted by Gasteiger charge is -2.32. The van der Waals surface area contributed by atoms with Gasteiger partial charge in [0.15, 0.2) is 6.61 Å². The van der Waals surface area contributed by atoms with E-state index in [0.29, 0.717) is 23.7 Å². The molecule has 2 amide bonds. The molecule has 0 saturated carbocycles. The fraction of sp³-hybridized carbons (Fsp3) is 0.310. The van der Waals surface area contributed by atoms with E-state index in [2.05, 4.69) is 5.32 Å². The van der Waals surface area contributed by atoms with Crippen LogP contribution in [-0.4, -0.2) is 35.9 Å². The number of benzene rings is 3. The molecule has 3 rings (SSSR count). The summed E-state index contributed by atoms with van der Waals surface area (Å²) in [5, 5.41) is 3.56. The van der Waals surface area contributed by atoms with Gasteiger partial charge in [-0.25, -0.2) is 0 Å². The topological polar surface area (TPSA) is 58.6 Å². The predicted molar refractivity (Wildman–Crippen MR) is 140 cm³/mol. The molecule has 0 spiro atoms. The summed E-state index contributed by atoms with van der Waals surface area (Å²) < 4.78 is 5.82. The first kappa shape index (κ1) is 26.3. The van der Waals surface area contributed by atoms with Gasteiger partial charge in [0.05, 0.1) is 0 Å². The second-order valence-electron chi connectivity index (χ2n) is 9.06. The van der Waals surface area contributed by atoms with Crippen molar-refractivity contribution in [3.05, 3.63) is 101 Å². The van der Waals surface area contributed by atoms with Gasteiger partial charge >= 0.3 is 0 Å². The molecule has 0 aliphatic carbocycles. The Morgan fingerprint density at radius 3 is 2.37 bits per heavy atom. The highest BCUT2D eigenvalue weighted by atomic mass is 35.5. The smallest absolute Gasteiger partial charge is 0.261 e.